The average molecular weight is 340 g/mol. The second-order valence-corrected chi connectivity index (χ2v) is 5.95. The number of nitrogens with one attached hydrogen (secondary N) is 1. The van der Waals surface area contributed by atoms with Crippen LogP contribution in [-0.4, -0.2) is 41.4 Å². The van der Waals surface area contributed by atoms with Crippen LogP contribution < -0.4 is 5.32 Å². The zero-order chi connectivity index (χ0) is 14.5. The van der Waals surface area contributed by atoms with Gasteiger partial charge in [-0.2, -0.15) is 0 Å². The summed E-state index contributed by atoms with van der Waals surface area (Å²) in [6, 6.07) is 7.50. The number of oxime groups is 1. The number of rotatable bonds is 3. The summed E-state index contributed by atoms with van der Waals surface area (Å²) < 4.78 is 0.983. The third kappa shape index (κ3) is 4.05. The van der Waals surface area contributed by atoms with Gasteiger partial charge in [0.05, 0.1) is 12.3 Å². The fourth-order valence-electron chi connectivity index (χ4n) is 2.33. The standard InChI is InChI=1S/C14H18BrN3O2/c1-10-8-18(7-6-13(10)17-20)9-14(19)16-12-4-2-11(15)3-5-12/h2-5,10,20H,6-9H2,1H3,(H,16,19)/b17-13+. The Morgan fingerprint density at radius 1 is 1.50 bits per heavy atom. The molecule has 1 aliphatic heterocycles. The number of piperidine rings is 1. The number of benzene rings is 1. The second-order valence-electron chi connectivity index (χ2n) is 5.03. The molecule has 108 valence electrons. The van der Waals surface area contributed by atoms with Crippen LogP contribution in [0.5, 0.6) is 0 Å². The maximum atomic E-state index is 12.0. The Labute approximate surface area is 126 Å². The molecule has 20 heavy (non-hydrogen) atoms. The Hall–Kier alpha value is -1.40. The maximum absolute atomic E-state index is 12.0. The molecule has 0 saturated carbocycles. The van der Waals surface area contributed by atoms with Crippen LogP contribution in [0.2, 0.25) is 0 Å². The van der Waals surface area contributed by atoms with E-state index >= 15 is 0 Å². The molecule has 1 saturated heterocycles. The van der Waals surface area contributed by atoms with Crippen molar-refractivity contribution in [2.24, 2.45) is 11.1 Å². The molecule has 0 aromatic heterocycles. The van der Waals surface area contributed by atoms with Crippen LogP contribution in [0, 0.1) is 5.92 Å². The van der Waals surface area contributed by atoms with Crippen LogP contribution in [0.25, 0.3) is 0 Å². The molecule has 1 atom stereocenters. The van der Waals surface area contributed by atoms with Crippen LogP contribution in [0.3, 0.4) is 0 Å². The summed E-state index contributed by atoms with van der Waals surface area (Å²) in [5, 5.41) is 15.0. The topological polar surface area (TPSA) is 64.9 Å². The summed E-state index contributed by atoms with van der Waals surface area (Å²) in [4.78, 5) is 14.1. The van der Waals surface area contributed by atoms with Crippen molar-refractivity contribution < 1.29 is 10.0 Å². The average Bonchev–Trinajstić information content (AvgIpc) is 2.41. The van der Waals surface area contributed by atoms with Crippen LogP contribution in [-0.2, 0) is 4.79 Å². The summed E-state index contributed by atoms with van der Waals surface area (Å²) in [5.41, 5.74) is 1.61. The normalized spacial score (nSPS) is 21.9. The molecule has 6 heteroatoms. The lowest BCUT2D eigenvalue weighted by molar-refractivity contribution is -0.117. The number of amides is 1. The first kappa shape index (κ1) is 15.0. The fourth-order valence-corrected chi connectivity index (χ4v) is 2.60. The molecule has 2 rings (SSSR count). The van der Waals surface area contributed by atoms with Crippen molar-refractivity contribution in [3.8, 4) is 0 Å². The molecule has 1 aromatic rings. The molecule has 1 amide bonds. The van der Waals surface area contributed by atoms with Crippen molar-refractivity contribution in [2.45, 2.75) is 13.3 Å². The monoisotopic (exact) mass is 339 g/mol. The number of nitrogens with zero attached hydrogens (tertiary/aromatic N) is 2. The van der Waals surface area contributed by atoms with Crippen molar-refractivity contribution in [2.75, 3.05) is 25.0 Å². The number of carbonyl (C=O) groups is 1. The SMILES string of the molecule is CC1CN(CC(=O)Nc2ccc(Br)cc2)CC/C1=N\O. The number of halogens is 1. The maximum Gasteiger partial charge on any atom is 0.238 e. The van der Waals surface area contributed by atoms with E-state index in [2.05, 4.69) is 31.3 Å². The Kier molecular flexibility index (Phi) is 5.14. The minimum atomic E-state index is -0.0242. The van der Waals surface area contributed by atoms with Crippen molar-refractivity contribution in [3.05, 3.63) is 28.7 Å². The summed E-state index contributed by atoms with van der Waals surface area (Å²) in [6.07, 6.45) is 0.712. The Morgan fingerprint density at radius 2 is 2.20 bits per heavy atom. The molecule has 0 bridgehead atoms. The van der Waals surface area contributed by atoms with Gasteiger partial charge in [-0.15, -0.1) is 0 Å². The van der Waals surface area contributed by atoms with Crippen LogP contribution in [0.15, 0.2) is 33.9 Å². The lowest BCUT2D eigenvalue weighted by Crippen LogP contribution is -2.43. The van der Waals surface area contributed by atoms with E-state index in [1.165, 1.54) is 0 Å². The second kappa shape index (κ2) is 6.85. The van der Waals surface area contributed by atoms with Gasteiger partial charge in [0.25, 0.3) is 0 Å². The number of hydrogen-bond donors (Lipinski definition) is 2. The minimum Gasteiger partial charge on any atom is -0.411 e. The zero-order valence-corrected chi connectivity index (χ0v) is 12.9. The summed E-state index contributed by atoms with van der Waals surface area (Å²) >= 11 is 3.36. The molecule has 1 aliphatic rings. The van der Waals surface area contributed by atoms with Gasteiger partial charge in [0.2, 0.25) is 5.91 Å². The van der Waals surface area contributed by atoms with Gasteiger partial charge in [-0.1, -0.05) is 28.0 Å². The van der Waals surface area contributed by atoms with Crippen LogP contribution in [0.4, 0.5) is 5.69 Å². The quantitative estimate of drug-likeness (QED) is 0.657. The van der Waals surface area contributed by atoms with E-state index in [0.717, 1.165) is 29.0 Å². The van der Waals surface area contributed by atoms with Gasteiger partial charge in [-0.3, -0.25) is 9.69 Å². The van der Waals surface area contributed by atoms with Crippen molar-refractivity contribution in [1.82, 2.24) is 4.90 Å². The summed E-state index contributed by atoms with van der Waals surface area (Å²) in [6.45, 7) is 3.86. The van der Waals surface area contributed by atoms with E-state index in [-0.39, 0.29) is 11.8 Å². The molecule has 0 radical (unpaired) electrons. The van der Waals surface area contributed by atoms with E-state index in [0.29, 0.717) is 13.0 Å². The summed E-state index contributed by atoms with van der Waals surface area (Å²) in [7, 11) is 0. The van der Waals surface area contributed by atoms with Crippen molar-refractivity contribution in [3.63, 3.8) is 0 Å². The predicted octanol–water partition coefficient (Wildman–Crippen LogP) is 2.56. The van der Waals surface area contributed by atoms with Crippen LogP contribution in [0.1, 0.15) is 13.3 Å². The van der Waals surface area contributed by atoms with Gasteiger partial charge in [0.15, 0.2) is 0 Å². The first-order valence-corrected chi connectivity index (χ1v) is 7.36. The zero-order valence-electron chi connectivity index (χ0n) is 11.3. The number of hydrogen-bond acceptors (Lipinski definition) is 4. The molecule has 0 aliphatic carbocycles. The van der Waals surface area contributed by atoms with Crippen LogP contribution >= 0.6 is 15.9 Å². The Morgan fingerprint density at radius 3 is 2.80 bits per heavy atom. The number of anilines is 1. The van der Waals surface area contributed by atoms with E-state index < -0.39 is 0 Å². The first-order chi connectivity index (χ1) is 9.58. The third-order valence-electron chi connectivity index (χ3n) is 3.41. The molecular weight excluding hydrogens is 322 g/mol. The molecule has 1 unspecified atom stereocenters. The molecule has 5 nitrogen and oxygen atoms in total. The van der Waals surface area contributed by atoms with Crippen molar-refractivity contribution >= 4 is 33.2 Å². The van der Waals surface area contributed by atoms with Gasteiger partial charge in [0, 0.05) is 35.6 Å². The lowest BCUT2D eigenvalue weighted by Gasteiger charge is -2.30. The number of likely N-dealkylation sites (tertiary alicyclic amines) is 1. The van der Waals surface area contributed by atoms with Gasteiger partial charge >= 0.3 is 0 Å². The molecule has 0 spiro atoms. The van der Waals surface area contributed by atoms with E-state index in [1.54, 1.807) is 0 Å². The van der Waals surface area contributed by atoms with E-state index in [4.69, 9.17) is 5.21 Å². The lowest BCUT2D eigenvalue weighted by atomic mass is 9.98. The highest BCUT2D eigenvalue weighted by atomic mass is 79.9. The largest absolute Gasteiger partial charge is 0.411 e. The third-order valence-corrected chi connectivity index (χ3v) is 3.94. The molecule has 2 N–H and O–H groups in total. The summed E-state index contributed by atoms with van der Waals surface area (Å²) in [5.74, 6) is 0.165. The molecular formula is C14H18BrN3O2. The van der Waals surface area contributed by atoms with Gasteiger partial charge in [0.1, 0.15) is 0 Å². The first-order valence-electron chi connectivity index (χ1n) is 6.57. The highest BCUT2D eigenvalue weighted by Crippen LogP contribution is 2.15. The Balaban J connectivity index is 1.84. The van der Waals surface area contributed by atoms with Gasteiger partial charge in [-0.05, 0) is 24.3 Å². The molecule has 1 fully saturated rings. The highest BCUT2D eigenvalue weighted by Gasteiger charge is 2.23. The molecule has 1 aromatic carbocycles. The predicted molar refractivity (Wildman–Crippen MR) is 82.2 cm³/mol. The Bertz CT molecular complexity index is 502. The smallest absolute Gasteiger partial charge is 0.238 e. The van der Waals surface area contributed by atoms with E-state index in [1.807, 2.05) is 31.2 Å². The minimum absolute atomic E-state index is 0.0242. The van der Waals surface area contributed by atoms with Crippen molar-refractivity contribution in [1.29, 1.82) is 0 Å². The van der Waals surface area contributed by atoms with Gasteiger partial charge < -0.3 is 10.5 Å². The number of carbonyl (C=O) groups excluding carboxylic acids is 1. The van der Waals surface area contributed by atoms with Gasteiger partial charge in [-0.25, -0.2) is 0 Å². The highest BCUT2D eigenvalue weighted by molar-refractivity contribution is 9.10. The molecule has 1 heterocycles. The fraction of sp³-hybridized carbons (Fsp3) is 0.429. The van der Waals surface area contributed by atoms with E-state index in [9.17, 15) is 4.79 Å².